The Hall–Kier alpha value is -2.45. The second-order valence-electron chi connectivity index (χ2n) is 7.62. The third-order valence-electron chi connectivity index (χ3n) is 6.08. The molecule has 2 aromatic heterocycles. The number of piperidine rings is 1. The molecule has 1 fully saturated rings. The van der Waals surface area contributed by atoms with Crippen molar-refractivity contribution in [1.82, 2.24) is 25.4 Å². The molecule has 8 nitrogen and oxygen atoms in total. The number of ether oxygens (including phenoxy) is 1. The predicted molar refractivity (Wildman–Crippen MR) is 97.7 cm³/mol. The van der Waals surface area contributed by atoms with Crippen LogP contribution in [-0.4, -0.2) is 46.9 Å². The fourth-order valence-corrected chi connectivity index (χ4v) is 4.75. The SMILES string of the molecule is O=C(NC[C@H]1[C@@H]2CNC[C@@H](C2)c2cccc(=O)n21)c1n[nH]c2c1COCC2. The highest BCUT2D eigenvalue weighted by atomic mass is 16.5. The third kappa shape index (κ3) is 2.80. The fraction of sp³-hybridized carbons (Fsp3) is 0.526. The van der Waals surface area contributed by atoms with Crippen molar-refractivity contribution in [2.24, 2.45) is 5.92 Å². The maximum Gasteiger partial charge on any atom is 0.272 e. The standard InChI is InChI=1S/C19H23N5O3/c25-17-3-1-2-15-11-6-12(8-20-7-11)16(24(15)17)9-21-19(26)18-13-10-27-5-4-14(13)22-23-18/h1-3,11-12,16,20H,4-10H2,(H,21,26)(H,22,23)/t11-,12+,16+/m1/s1. The summed E-state index contributed by atoms with van der Waals surface area (Å²) in [7, 11) is 0. The van der Waals surface area contributed by atoms with E-state index in [0.717, 1.165) is 42.9 Å². The lowest BCUT2D eigenvalue weighted by atomic mass is 9.79. The second kappa shape index (κ2) is 6.61. The predicted octanol–water partition coefficient (Wildman–Crippen LogP) is 0.322. The number of nitrogens with zero attached hydrogens (tertiary/aromatic N) is 2. The van der Waals surface area contributed by atoms with Crippen molar-refractivity contribution in [3.63, 3.8) is 0 Å². The normalized spacial score (nSPS) is 26.1. The van der Waals surface area contributed by atoms with Crippen LogP contribution in [0.15, 0.2) is 23.0 Å². The van der Waals surface area contributed by atoms with E-state index in [-0.39, 0.29) is 17.5 Å². The Bertz CT molecular complexity index is 934. The summed E-state index contributed by atoms with van der Waals surface area (Å²) in [5, 5.41) is 13.6. The number of nitrogens with one attached hydrogen (secondary N) is 3. The molecule has 8 heteroatoms. The first-order valence-electron chi connectivity index (χ1n) is 9.56. The van der Waals surface area contributed by atoms with Crippen LogP contribution in [0.25, 0.3) is 0 Å². The molecule has 142 valence electrons. The lowest BCUT2D eigenvalue weighted by molar-refractivity contribution is 0.0906. The zero-order valence-electron chi connectivity index (χ0n) is 15.0. The van der Waals surface area contributed by atoms with Crippen LogP contribution in [0.3, 0.4) is 0 Å². The van der Waals surface area contributed by atoms with Crippen LogP contribution in [0, 0.1) is 5.92 Å². The lowest BCUT2D eigenvalue weighted by Gasteiger charge is -2.43. The zero-order chi connectivity index (χ0) is 18.4. The van der Waals surface area contributed by atoms with Gasteiger partial charge in [0, 0.05) is 55.0 Å². The maximum absolute atomic E-state index is 12.7. The van der Waals surface area contributed by atoms with Crippen molar-refractivity contribution in [3.05, 3.63) is 51.2 Å². The number of fused-ring (bicyclic) bond motifs is 5. The number of carbonyl (C=O) groups is 1. The molecule has 27 heavy (non-hydrogen) atoms. The Balaban J connectivity index is 1.39. The van der Waals surface area contributed by atoms with E-state index in [4.69, 9.17) is 4.74 Å². The Labute approximate surface area is 156 Å². The van der Waals surface area contributed by atoms with Crippen molar-refractivity contribution in [2.45, 2.75) is 31.4 Å². The third-order valence-corrected chi connectivity index (χ3v) is 6.08. The number of aromatic nitrogens is 3. The van der Waals surface area contributed by atoms with Gasteiger partial charge in [-0.1, -0.05) is 6.07 Å². The largest absolute Gasteiger partial charge is 0.376 e. The molecular formula is C19H23N5O3. The monoisotopic (exact) mass is 369 g/mol. The number of aromatic amines is 1. The molecule has 3 atom stereocenters. The van der Waals surface area contributed by atoms with Crippen LogP contribution >= 0.6 is 0 Å². The Morgan fingerprint density at radius 1 is 1.37 bits per heavy atom. The van der Waals surface area contributed by atoms with Crippen LogP contribution in [0.2, 0.25) is 0 Å². The Morgan fingerprint density at radius 3 is 3.22 bits per heavy atom. The number of H-pyrrole nitrogens is 1. The average molecular weight is 369 g/mol. The molecule has 0 unspecified atom stereocenters. The average Bonchev–Trinajstić information content (AvgIpc) is 3.13. The van der Waals surface area contributed by atoms with E-state index in [9.17, 15) is 9.59 Å². The molecule has 5 rings (SSSR count). The van der Waals surface area contributed by atoms with Crippen LogP contribution < -0.4 is 16.2 Å². The van der Waals surface area contributed by atoms with Crippen molar-refractivity contribution in [3.8, 4) is 0 Å². The topological polar surface area (TPSA) is 101 Å². The second-order valence-corrected chi connectivity index (χ2v) is 7.62. The van der Waals surface area contributed by atoms with Gasteiger partial charge in [-0.05, 0) is 18.4 Å². The molecule has 3 aliphatic rings. The quantitative estimate of drug-likeness (QED) is 0.724. The van der Waals surface area contributed by atoms with E-state index in [1.807, 2.05) is 16.7 Å². The van der Waals surface area contributed by atoms with Crippen molar-refractivity contribution < 1.29 is 9.53 Å². The smallest absolute Gasteiger partial charge is 0.272 e. The summed E-state index contributed by atoms with van der Waals surface area (Å²) in [6.07, 6.45) is 1.79. The first-order valence-corrected chi connectivity index (χ1v) is 9.56. The number of hydrogen-bond donors (Lipinski definition) is 3. The van der Waals surface area contributed by atoms with Gasteiger partial charge >= 0.3 is 0 Å². The molecular weight excluding hydrogens is 346 g/mol. The number of pyridine rings is 1. The van der Waals surface area contributed by atoms with Gasteiger partial charge in [0.2, 0.25) is 0 Å². The van der Waals surface area contributed by atoms with E-state index in [1.54, 1.807) is 6.07 Å². The Morgan fingerprint density at radius 2 is 2.30 bits per heavy atom. The number of amides is 1. The van der Waals surface area contributed by atoms with Crippen LogP contribution in [0.4, 0.5) is 0 Å². The highest BCUT2D eigenvalue weighted by Crippen LogP contribution is 2.38. The van der Waals surface area contributed by atoms with Crippen LogP contribution in [0.1, 0.15) is 45.8 Å². The molecule has 1 saturated heterocycles. The van der Waals surface area contributed by atoms with E-state index in [2.05, 4.69) is 20.8 Å². The summed E-state index contributed by atoms with van der Waals surface area (Å²) < 4.78 is 7.35. The molecule has 3 aliphatic heterocycles. The minimum atomic E-state index is -0.213. The molecule has 0 aromatic carbocycles. The summed E-state index contributed by atoms with van der Waals surface area (Å²) in [6.45, 7) is 3.24. The first-order chi connectivity index (χ1) is 13.2. The minimum Gasteiger partial charge on any atom is -0.376 e. The van der Waals surface area contributed by atoms with E-state index in [0.29, 0.717) is 37.3 Å². The van der Waals surface area contributed by atoms with Gasteiger partial charge in [0.25, 0.3) is 11.5 Å². The molecule has 1 amide bonds. The fourth-order valence-electron chi connectivity index (χ4n) is 4.75. The highest BCUT2D eigenvalue weighted by molar-refractivity contribution is 5.94. The highest BCUT2D eigenvalue weighted by Gasteiger charge is 2.38. The summed E-state index contributed by atoms with van der Waals surface area (Å²) in [6, 6.07) is 5.42. The molecule has 0 radical (unpaired) electrons. The molecule has 3 N–H and O–H groups in total. The summed E-state index contributed by atoms with van der Waals surface area (Å²) >= 11 is 0. The Kier molecular flexibility index (Phi) is 4.09. The number of carbonyl (C=O) groups excluding carboxylic acids is 1. The van der Waals surface area contributed by atoms with Crippen LogP contribution in [-0.2, 0) is 17.8 Å². The summed E-state index contributed by atoms with van der Waals surface area (Å²) in [4.78, 5) is 25.3. The van der Waals surface area contributed by atoms with Crippen LogP contribution in [0.5, 0.6) is 0 Å². The summed E-state index contributed by atoms with van der Waals surface area (Å²) in [5.41, 5.74) is 3.30. The number of hydrogen-bond acceptors (Lipinski definition) is 5. The van der Waals surface area contributed by atoms with Gasteiger partial charge < -0.3 is 19.9 Å². The van der Waals surface area contributed by atoms with Gasteiger partial charge in [-0.2, -0.15) is 5.10 Å². The van der Waals surface area contributed by atoms with Gasteiger partial charge in [-0.25, -0.2) is 0 Å². The van der Waals surface area contributed by atoms with Gasteiger partial charge in [0.05, 0.1) is 19.3 Å². The minimum absolute atomic E-state index is 0.00824. The maximum atomic E-state index is 12.7. The van der Waals surface area contributed by atoms with E-state index < -0.39 is 0 Å². The van der Waals surface area contributed by atoms with E-state index >= 15 is 0 Å². The number of rotatable bonds is 3. The van der Waals surface area contributed by atoms with Gasteiger partial charge in [-0.3, -0.25) is 14.7 Å². The zero-order valence-corrected chi connectivity index (χ0v) is 15.0. The first kappa shape index (κ1) is 16.7. The van der Waals surface area contributed by atoms with Crippen molar-refractivity contribution >= 4 is 5.91 Å². The summed E-state index contributed by atoms with van der Waals surface area (Å²) in [5.74, 6) is 0.475. The molecule has 0 saturated carbocycles. The van der Waals surface area contributed by atoms with E-state index in [1.165, 1.54) is 0 Å². The molecule has 2 bridgehead atoms. The molecule has 5 heterocycles. The molecule has 2 aromatic rings. The molecule has 0 aliphatic carbocycles. The van der Waals surface area contributed by atoms with Gasteiger partial charge in [0.15, 0.2) is 5.69 Å². The lowest BCUT2D eigenvalue weighted by Crippen LogP contribution is -2.50. The van der Waals surface area contributed by atoms with Crippen molar-refractivity contribution in [1.29, 1.82) is 0 Å². The van der Waals surface area contributed by atoms with Crippen molar-refractivity contribution in [2.75, 3.05) is 26.2 Å². The van der Waals surface area contributed by atoms with Gasteiger partial charge in [0.1, 0.15) is 0 Å². The molecule has 0 spiro atoms. The van der Waals surface area contributed by atoms with Gasteiger partial charge in [-0.15, -0.1) is 0 Å².